The van der Waals surface area contributed by atoms with Crippen LogP contribution in [0.15, 0.2) is 34.9 Å². The molecule has 0 fully saturated rings. The van der Waals surface area contributed by atoms with Gasteiger partial charge in [-0.15, -0.1) is 0 Å². The first-order chi connectivity index (χ1) is 10.3. The molecule has 0 saturated carbocycles. The first-order valence-corrected chi connectivity index (χ1v) is 8.53. The lowest BCUT2D eigenvalue weighted by Gasteiger charge is -2.16. The van der Waals surface area contributed by atoms with Crippen LogP contribution in [0, 0.1) is 5.92 Å². The summed E-state index contributed by atoms with van der Waals surface area (Å²) in [5.41, 5.74) is 4.04. The standard InChI is InChI=1S/C20H36O2/c1-16(2)9-7-11-18(5)13-14-22-20(21)15-19(6)12-8-10-17(3)4/h9-10,13,19-21H,7-8,11-12,14-15H2,1-6H3/b18-13+/t19?,20-/m1/s1. The summed E-state index contributed by atoms with van der Waals surface area (Å²) in [6, 6.07) is 0. The third-order valence-corrected chi connectivity index (χ3v) is 3.63. The van der Waals surface area contributed by atoms with Gasteiger partial charge in [-0.05, 0) is 66.2 Å². The van der Waals surface area contributed by atoms with E-state index in [9.17, 15) is 5.11 Å². The van der Waals surface area contributed by atoms with Crippen molar-refractivity contribution in [3.05, 3.63) is 34.9 Å². The van der Waals surface area contributed by atoms with Gasteiger partial charge >= 0.3 is 0 Å². The maximum atomic E-state index is 9.91. The van der Waals surface area contributed by atoms with Crippen molar-refractivity contribution in [2.45, 2.75) is 79.9 Å². The van der Waals surface area contributed by atoms with Crippen LogP contribution in [0.4, 0.5) is 0 Å². The molecule has 0 saturated heterocycles. The summed E-state index contributed by atoms with van der Waals surface area (Å²) >= 11 is 0. The predicted octanol–water partition coefficient (Wildman–Crippen LogP) is 5.79. The van der Waals surface area contributed by atoms with E-state index in [0.717, 1.165) is 25.7 Å². The van der Waals surface area contributed by atoms with Crippen LogP contribution >= 0.6 is 0 Å². The van der Waals surface area contributed by atoms with Gasteiger partial charge in [0, 0.05) is 6.42 Å². The van der Waals surface area contributed by atoms with E-state index >= 15 is 0 Å². The summed E-state index contributed by atoms with van der Waals surface area (Å²) in [4.78, 5) is 0. The maximum Gasteiger partial charge on any atom is 0.155 e. The second-order valence-electron chi connectivity index (χ2n) is 6.86. The zero-order valence-corrected chi connectivity index (χ0v) is 15.5. The van der Waals surface area contributed by atoms with Gasteiger partial charge in [-0.25, -0.2) is 0 Å². The van der Waals surface area contributed by atoms with Gasteiger partial charge in [-0.3, -0.25) is 0 Å². The van der Waals surface area contributed by atoms with Gasteiger partial charge in [0.25, 0.3) is 0 Å². The predicted molar refractivity (Wildman–Crippen MR) is 96.8 cm³/mol. The molecule has 0 aliphatic heterocycles. The first-order valence-electron chi connectivity index (χ1n) is 8.53. The van der Waals surface area contributed by atoms with Crippen LogP contribution in [0.3, 0.4) is 0 Å². The van der Waals surface area contributed by atoms with Crippen molar-refractivity contribution in [3.8, 4) is 0 Å². The Kier molecular flexibility index (Phi) is 12.2. The second-order valence-corrected chi connectivity index (χ2v) is 6.86. The topological polar surface area (TPSA) is 29.5 Å². The number of allylic oxidation sites excluding steroid dienone is 5. The highest BCUT2D eigenvalue weighted by Gasteiger charge is 2.09. The Hall–Kier alpha value is -0.860. The van der Waals surface area contributed by atoms with E-state index in [4.69, 9.17) is 4.74 Å². The highest BCUT2D eigenvalue weighted by atomic mass is 16.6. The molecule has 0 aromatic heterocycles. The van der Waals surface area contributed by atoms with Gasteiger partial charge in [0.1, 0.15) is 0 Å². The van der Waals surface area contributed by atoms with E-state index < -0.39 is 6.29 Å². The molecule has 0 aromatic carbocycles. The number of hydrogen-bond acceptors (Lipinski definition) is 2. The number of aliphatic hydroxyl groups is 1. The zero-order chi connectivity index (χ0) is 17.0. The Labute approximate surface area is 138 Å². The van der Waals surface area contributed by atoms with Crippen molar-refractivity contribution in [2.75, 3.05) is 6.61 Å². The summed E-state index contributed by atoms with van der Waals surface area (Å²) in [5, 5.41) is 9.91. The van der Waals surface area contributed by atoms with Crippen molar-refractivity contribution < 1.29 is 9.84 Å². The lowest BCUT2D eigenvalue weighted by atomic mass is 10.0. The van der Waals surface area contributed by atoms with Crippen LogP contribution < -0.4 is 0 Å². The van der Waals surface area contributed by atoms with Crippen molar-refractivity contribution in [3.63, 3.8) is 0 Å². The van der Waals surface area contributed by atoms with Gasteiger partial charge in [-0.2, -0.15) is 0 Å². The fraction of sp³-hybridized carbons (Fsp3) is 0.700. The minimum absolute atomic E-state index is 0.480. The highest BCUT2D eigenvalue weighted by Crippen LogP contribution is 2.15. The molecular formula is C20H36O2. The van der Waals surface area contributed by atoms with Gasteiger partial charge in [0.15, 0.2) is 6.29 Å². The van der Waals surface area contributed by atoms with Crippen molar-refractivity contribution >= 4 is 0 Å². The molecule has 0 rings (SSSR count). The Bertz CT molecular complexity index is 369. The number of rotatable bonds is 11. The number of aliphatic hydroxyl groups excluding tert-OH is 1. The molecule has 0 aliphatic carbocycles. The van der Waals surface area contributed by atoms with Crippen LogP contribution in [-0.4, -0.2) is 18.0 Å². The minimum atomic E-state index is -0.650. The molecule has 0 spiro atoms. The Morgan fingerprint density at radius 1 is 0.955 bits per heavy atom. The second kappa shape index (κ2) is 12.7. The minimum Gasteiger partial charge on any atom is -0.368 e. The molecule has 0 heterocycles. The molecule has 2 nitrogen and oxygen atoms in total. The smallest absolute Gasteiger partial charge is 0.155 e. The Morgan fingerprint density at radius 2 is 1.55 bits per heavy atom. The largest absolute Gasteiger partial charge is 0.368 e. The molecule has 2 atom stereocenters. The highest BCUT2D eigenvalue weighted by molar-refractivity contribution is 5.02. The molecule has 1 unspecified atom stereocenters. The fourth-order valence-electron chi connectivity index (χ4n) is 2.18. The van der Waals surface area contributed by atoms with E-state index in [1.807, 2.05) is 0 Å². The van der Waals surface area contributed by atoms with E-state index in [0.29, 0.717) is 18.9 Å². The summed E-state index contributed by atoms with van der Waals surface area (Å²) in [6.07, 6.45) is 11.0. The molecule has 22 heavy (non-hydrogen) atoms. The van der Waals surface area contributed by atoms with Crippen LogP contribution in [-0.2, 0) is 4.74 Å². The van der Waals surface area contributed by atoms with E-state index in [-0.39, 0.29) is 0 Å². The van der Waals surface area contributed by atoms with Gasteiger partial charge < -0.3 is 9.84 Å². The molecule has 0 radical (unpaired) electrons. The van der Waals surface area contributed by atoms with Crippen LogP contribution in [0.2, 0.25) is 0 Å². The third kappa shape index (κ3) is 14.1. The van der Waals surface area contributed by atoms with Crippen molar-refractivity contribution in [2.24, 2.45) is 5.92 Å². The molecule has 2 heteroatoms. The lowest BCUT2D eigenvalue weighted by molar-refractivity contribution is -0.101. The van der Waals surface area contributed by atoms with Crippen LogP contribution in [0.25, 0.3) is 0 Å². The fourth-order valence-corrected chi connectivity index (χ4v) is 2.18. The molecule has 1 N–H and O–H groups in total. The molecule has 128 valence electrons. The maximum absolute atomic E-state index is 9.91. The van der Waals surface area contributed by atoms with E-state index in [1.54, 1.807) is 0 Å². The monoisotopic (exact) mass is 308 g/mol. The molecule has 0 aliphatic rings. The van der Waals surface area contributed by atoms with E-state index in [1.165, 1.54) is 16.7 Å². The summed E-state index contributed by atoms with van der Waals surface area (Å²) < 4.78 is 5.49. The lowest BCUT2D eigenvalue weighted by Crippen LogP contribution is -2.16. The quantitative estimate of drug-likeness (QED) is 0.387. The summed E-state index contributed by atoms with van der Waals surface area (Å²) in [5.74, 6) is 0.480. The van der Waals surface area contributed by atoms with Gasteiger partial charge in [-0.1, -0.05) is 41.9 Å². The molecule has 0 aromatic rings. The normalized spacial score (nSPS) is 14.4. The Morgan fingerprint density at radius 3 is 2.14 bits per heavy atom. The summed E-state index contributed by atoms with van der Waals surface area (Å²) in [6.45, 7) is 13.3. The third-order valence-electron chi connectivity index (χ3n) is 3.63. The zero-order valence-electron chi connectivity index (χ0n) is 15.5. The number of hydrogen-bond donors (Lipinski definition) is 1. The molecule has 0 bridgehead atoms. The average molecular weight is 309 g/mol. The van der Waals surface area contributed by atoms with Crippen molar-refractivity contribution in [1.29, 1.82) is 0 Å². The SMILES string of the molecule is CC(C)=CCC/C(C)=C/CO[C@@H](O)CC(C)CCC=C(C)C. The average Bonchev–Trinajstić information content (AvgIpc) is 2.37. The Balaban J connectivity index is 3.85. The first kappa shape index (κ1) is 21.1. The molecular weight excluding hydrogens is 272 g/mol. The van der Waals surface area contributed by atoms with E-state index in [2.05, 4.69) is 59.8 Å². The van der Waals surface area contributed by atoms with Crippen molar-refractivity contribution in [1.82, 2.24) is 0 Å². The number of ether oxygens (including phenoxy) is 1. The van der Waals surface area contributed by atoms with Gasteiger partial charge in [0.2, 0.25) is 0 Å². The van der Waals surface area contributed by atoms with Crippen LogP contribution in [0.5, 0.6) is 0 Å². The molecule has 0 amide bonds. The summed E-state index contributed by atoms with van der Waals surface area (Å²) in [7, 11) is 0. The van der Waals surface area contributed by atoms with Crippen LogP contribution in [0.1, 0.15) is 73.6 Å². The van der Waals surface area contributed by atoms with Gasteiger partial charge in [0.05, 0.1) is 6.61 Å².